The van der Waals surface area contributed by atoms with E-state index >= 15 is 0 Å². The van der Waals surface area contributed by atoms with Gasteiger partial charge in [0, 0.05) is 16.6 Å². The molecule has 1 fully saturated rings. The van der Waals surface area contributed by atoms with Crippen LogP contribution in [0.5, 0.6) is 0 Å². The van der Waals surface area contributed by atoms with Crippen LogP contribution in [0, 0.1) is 34.5 Å². The van der Waals surface area contributed by atoms with E-state index in [2.05, 4.69) is 40.7 Å². The van der Waals surface area contributed by atoms with E-state index in [1.807, 2.05) is 0 Å². The molecule has 4 unspecified atom stereocenters. The Labute approximate surface area is 115 Å². The molecule has 1 aliphatic carbocycles. The maximum absolute atomic E-state index is 12.4. The molecule has 0 bridgehead atoms. The highest BCUT2D eigenvalue weighted by atomic mass is 32.2. The quantitative estimate of drug-likeness (QED) is 0.783. The summed E-state index contributed by atoms with van der Waals surface area (Å²) in [7, 11) is -0.845. The molecule has 3 heteroatoms. The maximum atomic E-state index is 12.4. The summed E-state index contributed by atoms with van der Waals surface area (Å²) in [5.74, 6) is 1.78. The van der Waals surface area contributed by atoms with Crippen LogP contribution in [0.1, 0.15) is 53.9 Å². The van der Waals surface area contributed by atoms with Gasteiger partial charge in [-0.05, 0) is 36.5 Å². The zero-order valence-electron chi connectivity index (χ0n) is 12.4. The molecule has 0 spiro atoms. The smallest absolute Gasteiger partial charge is 0.0668 e. The number of nitriles is 1. The zero-order valence-corrected chi connectivity index (χ0v) is 13.2. The van der Waals surface area contributed by atoms with Crippen LogP contribution in [0.25, 0.3) is 0 Å². The molecule has 0 aromatic heterocycles. The lowest BCUT2D eigenvalue weighted by Gasteiger charge is -2.39. The number of nitrogens with zero attached hydrogens (tertiary/aromatic N) is 1. The van der Waals surface area contributed by atoms with E-state index in [4.69, 9.17) is 0 Å². The first-order valence-corrected chi connectivity index (χ1v) is 8.40. The van der Waals surface area contributed by atoms with Crippen LogP contribution < -0.4 is 0 Å². The molecule has 18 heavy (non-hydrogen) atoms. The van der Waals surface area contributed by atoms with Crippen molar-refractivity contribution in [2.45, 2.75) is 59.1 Å². The predicted octanol–water partition coefficient (Wildman–Crippen LogP) is 3.75. The Bertz CT molecular complexity index is 337. The summed E-state index contributed by atoms with van der Waals surface area (Å²) >= 11 is 0. The van der Waals surface area contributed by atoms with Gasteiger partial charge in [0.15, 0.2) is 0 Å². The van der Waals surface area contributed by atoms with Crippen LogP contribution in [0.3, 0.4) is 0 Å². The Morgan fingerprint density at radius 1 is 1.33 bits per heavy atom. The summed E-state index contributed by atoms with van der Waals surface area (Å²) in [6.07, 6.45) is 2.99. The van der Waals surface area contributed by atoms with Gasteiger partial charge in [0.1, 0.15) is 0 Å². The molecule has 0 N–H and O–H groups in total. The fourth-order valence-electron chi connectivity index (χ4n) is 2.81. The Morgan fingerprint density at radius 2 is 1.94 bits per heavy atom. The zero-order chi connectivity index (χ0) is 13.9. The van der Waals surface area contributed by atoms with Gasteiger partial charge in [-0.3, -0.25) is 4.21 Å². The molecule has 4 atom stereocenters. The minimum atomic E-state index is -0.845. The fourth-order valence-corrected chi connectivity index (χ4v) is 4.72. The standard InChI is InChI=1S/C15H27NOS/c1-11(2)10-18(17)14-8-13(15(3,4)5)7-6-12(14)9-16/h11-14H,6-8,10H2,1-5H3. The Balaban J connectivity index is 2.77. The van der Waals surface area contributed by atoms with Crippen LogP contribution >= 0.6 is 0 Å². The van der Waals surface area contributed by atoms with Crippen LogP contribution in [0.4, 0.5) is 0 Å². The predicted molar refractivity (Wildman–Crippen MR) is 77.5 cm³/mol. The molecular formula is C15H27NOS. The lowest BCUT2D eigenvalue weighted by molar-refractivity contribution is 0.167. The minimum Gasteiger partial charge on any atom is -0.259 e. The average Bonchev–Trinajstić information content (AvgIpc) is 2.26. The normalized spacial score (nSPS) is 31.1. The third kappa shape index (κ3) is 4.09. The summed E-state index contributed by atoms with van der Waals surface area (Å²) in [4.78, 5) is 0. The van der Waals surface area contributed by atoms with E-state index < -0.39 is 10.8 Å². The first-order chi connectivity index (χ1) is 8.25. The van der Waals surface area contributed by atoms with Crippen LogP contribution in [0.2, 0.25) is 0 Å². The van der Waals surface area contributed by atoms with Crippen LogP contribution in [-0.4, -0.2) is 15.2 Å². The summed E-state index contributed by atoms with van der Waals surface area (Å²) < 4.78 is 12.4. The number of hydrogen-bond donors (Lipinski definition) is 0. The topological polar surface area (TPSA) is 40.9 Å². The van der Waals surface area contributed by atoms with Gasteiger partial charge in [0.05, 0.1) is 17.2 Å². The lowest BCUT2D eigenvalue weighted by Crippen LogP contribution is -2.38. The molecule has 0 radical (unpaired) electrons. The van der Waals surface area contributed by atoms with Crippen molar-refractivity contribution in [1.29, 1.82) is 5.26 Å². The van der Waals surface area contributed by atoms with Crippen molar-refractivity contribution in [3.63, 3.8) is 0 Å². The Kier molecular flexibility index (Phi) is 5.40. The van der Waals surface area contributed by atoms with Crippen LogP contribution in [0.15, 0.2) is 0 Å². The van der Waals surface area contributed by atoms with Gasteiger partial charge >= 0.3 is 0 Å². The van der Waals surface area contributed by atoms with Gasteiger partial charge in [-0.1, -0.05) is 34.6 Å². The molecular weight excluding hydrogens is 242 g/mol. The molecule has 0 aromatic carbocycles. The third-order valence-corrected chi connectivity index (χ3v) is 6.21. The molecule has 1 rings (SSSR count). The molecule has 0 heterocycles. The van der Waals surface area contributed by atoms with E-state index in [1.54, 1.807) is 0 Å². The lowest BCUT2D eigenvalue weighted by atomic mass is 9.70. The van der Waals surface area contributed by atoms with E-state index in [9.17, 15) is 9.47 Å². The third-order valence-electron chi connectivity index (χ3n) is 4.02. The minimum absolute atomic E-state index is 0.00295. The number of rotatable bonds is 3. The van der Waals surface area contributed by atoms with Crippen molar-refractivity contribution in [1.82, 2.24) is 0 Å². The molecule has 0 saturated heterocycles. The molecule has 1 saturated carbocycles. The first kappa shape index (κ1) is 15.7. The molecule has 2 nitrogen and oxygen atoms in total. The molecule has 0 aliphatic heterocycles. The van der Waals surface area contributed by atoms with Gasteiger partial charge < -0.3 is 0 Å². The summed E-state index contributed by atoms with van der Waals surface area (Å²) in [5, 5.41) is 9.34. The average molecular weight is 269 g/mol. The van der Waals surface area contributed by atoms with Crippen molar-refractivity contribution >= 4 is 10.8 Å². The Hall–Kier alpha value is -0.360. The van der Waals surface area contributed by atoms with Crippen molar-refractivity contribution in [2.24, 2.45) is 23.2 Å². The van der Waals surface area contributed by atoms with Crippen LogP contribution in [-0.2, 0) is 10.8 Å². The van der Waals surface area contributed by atoms with E-state index in [1.165, 1.54) is 0 Å². The van der Waals surface area contributed by atoms with Gasteiger partial charge in [0.25, 0.3) is 0 Å². The highest BCUT2D eigenvalue weighted by Gasteiger charge is 2.38. The summed E-state index contributed by atoms with van der Waals surface area (Å²) in [5.41, 5.74) is 0.265. The fraction of sp³-hybridized carbons (Fsp3) is 0.933. The van der Waals surface area contributed by atoms with E-state index in [0.29, 0.717) is 11.8 Å². The molecule has 104 valence electrons. The van der Waals surface area contributed by atoms with Gasteiger partial charge in [-0.15, -0.1) is 0 Å². The van der Waals surface area contributed by atoms with E-state index in [-0.39, 0.29) is 16.6 Å². The van der Waals surface area contributed by atoms with Gasteiger partial charge in [-0.2, -0.15) is 5.26 Å². The van der Waals surface area contributed by atoms with Crippen molar-refractivity contribution in [3.8, 4) is 6.07 Å². The highest BCUT2D eigenvalue weighted by Crippen LogP contribution is 2.41. The second-order valence-corrected chi connectivity index (χ2v) is 8.79. The SMILES string of the molecule is CC(C)CS(=O)C1CC(C(C)(C)C)CCC1C#N. The van der Waals surface area contributed by atoms with Crippen molar-refractivity contribution < 1.29 is 4.21 Å². The summed E-state index contributed by atoms with van der Waals surface area (Å²) in [6, 6.07) is 2.39. The van der Waals surface area contributed by atoms with E-state index in [0.717, 1.165) is 25.0 Å². The molecule has 0 amide bonds. The highest BCUT2D eigenvalue weighted by molar-refractivity contribution is 7.85. The molecule has 1 aliphatic rings. The van der Waals surface area contributed by atoms with Gasteiger partial charge in [0.2, 0.25) is 0 Å². The van der Waals surface area contributed by atoms with Gasteiger partial charge in [-0.25, -0.2) is 0 Å². The second kappa shape index (κ2) is 6.19. The first-order valence-electron chi connectivity index (χ1n) is 7.02. The Morgan fingerprint density at radius 3 is 2.39 bits per heavy atom. The number of hydrogen-bond acceptors (Lipinski definition) is 2. The van der Waals surface area contributed by atoms with Crippen molar-refractivity contribution in [3.05, 3.63) is 0 Å². The maximum Gasteiger partial charge on any atom is 0.0668 e. The molecule has 0 aromatic rings. The summed E-state index contributed by atoms with van der Waals surface area (Å²) in [6.45, 7) is 11.0. The largest absolute Gasteiger partial charge is 0.259 e. The van der Waals surface area contributed by atoms with Crippen molar-refractivity contribution in [2.75, 3.05) is 5.75 Å². The monoisotopic (exact) mass is 269 g/mol. The second-order valence-electron chi connectivity index (χ2n) is 7.09.